The van der Waals surface area contributed by atoms with Crippen molar-refractivity contribution >= 4 is 36.7 Å². The molecular weight excluding hydrogens is 418 g/mol. The van der Waals surface area contributed by atoms with Gasteiger partial charge in [0.25, 0.3) is 0 Å². The van der Waals surface area contributed by atoms with Crippen LogP contribution < -0.4 is 0 Å². The molecule has 0 heterocycles. The third-order valence-electron chi connectivity index (χ3n) is 3.98. The summed E-state index contributed by atoms with van der Waals surface area (Å²) in [6.07, 6.45) is 0. The largest absolute Gasteiger partial charge is 0.508 e. The Morgan fingerprint density at radius 2 is 1.36 bits per heavy atom. The van der Waals surface area contributed by atoms with Crippen molar-refractivity contribution in [3.05, 3.63) is 42.0 Å². The van der Waals surface area contributed by atoms with E-state index in [-0.39, 0.29) is 19.0 Å². The minimum atomic E-state index is -3.67. The number of rotatable bonds is 11. The van der Waals surface area contributed by atoms with E-state index >= 15 is 0 Å². The van der Waals surface area contributed by atoms with E-state index in [1.54, 1.807) is 32.0 Å². The molecular formula is C19H28O6P2S. The van der Waals surface area contributed by atoms with Gasteiger partial charge in [0.2, 0.25) is 6.49 Å². The molecule has 0 aliphatic heterocycles. The number of phenols is 1. The fraction of sp³-hybridized carbons (Fsp3) is 0.474. The van der Waals surface area contributed by atoms with Gasteiger partial charge in [0.15, 0.2) is 5.40 Å². The minimum absolute atomic E-state index is 0.180. The Morgan fingerprint density at radius 3 is 1.89 bits per heavy atom. The monoisotopic (exact) mass is 446 g/mol. The minimum Gasteiger partial charge on any atom is -0.508 e. The van der Waals surface area contributed by atoms with Crippen LogP contribution in [-0.4, -0.2) is 31.5 Å². The Bertz CT molecular complexity index is 838. The molecule has 0 spiro atoms. The van der Waals surface area contributed by atoms with Crippen molar-refractivity contribution in [2.45, 2.75) is 33.1 Å². The van der Waals surface area contributed by atoms with Gasteiger partial charge in [-0.1, -0.05) is 18.2 Å². The molecule has 0 aliphatic rings. The van der Waals surface area contributed by atoms with Crippen molar-refractivity contribution in [2.75, 3.05) is 26.4 Å². The van der Waals surface area contributed by atoms with Crippen molar-refractivity contribution in [1.82, 2.24) is 0 Å². The maximum absolute atomic E-state index is 13.8. The molecule has 0 saturated heterocycles. The van der Waals surface area contributed by atoms with E-state index in [4.69, 9.17) is 29.9 Å². The van der Waals surface area contributed by atoms with Gasteiger partial charge in [-0.3, -0.25) is 4.57 Å². The Kier molecular flexibility index (Phi) is 8.65. The molecule has 9 heteroatoms. The molecule has 1 unspecified atom stereocenters. The number of phenolic OH excluding ortho intramolecular Hbond substituents is 1. The number of benzene rings is 2. The van der Waals surface area contributed by atoms with Crippen molar-refractivity contribution in [3.8, 4) is 5.75 Å². The maximum atomic E-state index is 13.8. The highest BCUT2D eigenvalue weighted by Crippen LogP contribution is 2.78. The second-order valence-electron chi connectivity index (χ2n) is 5.92. The zero-order valence-electron chi connectivity index (χ0n) is 16.7. The van der Waals surface area contributed by atoms with Gasteiger partial charge in [-0.05, 0) is 74.0 Å². The lowest BCUT2D eigenvalue weighted by Gasteiger charge is -2.34. The highest BCUT2D eigenvalue weighted by molar-refractivity contribution is 8.12. The summed E-state index contributed by atoms with van der Waals surface area (Å²) in [6, 6.07) is 10.6. The molecule has 0 fully saturated rings. The van der Waals surface area contributed by atoms with Crippen LogP contribution in [0.3, 0.4) is 0 Å². The van der Waals surface area contributed by atoms with Gasteiger partial charge in [-0.25, -0.2) is 0 Å². The Morgan fingerprint density at radius 1 is 0.857 bits per heavy atom. The first-order valence-corrected chi connectivity index (χ1v) is 13.7. The van der Waals surface area contributed by atoms with Gasteiger partial charge in [0.1, 0.15) is 5.75 Å². The fourth-order valence-electron chi connectivity index (χ4n) is 3.03. The van der Waals surface area contributed by atoms with Gasteiger partial charge in [0.05, 0.1) is 26.4 Å². The summed E-state index contributed by atoms with van der Waals surface area (Å²) in [5.74, 6) is 0.180. The predicted octanol–water partition coefficient (Wildman–Crippen LogP) is 6.19. The van der Waals surface area contributed by atoms with Crippen molar-refractivity contribution in [1.29, 1.82) is 0 Å². The predicted molar refractivity (Wildman–Crippen MR) is 117 cm³/mol. The quantitative estimate of drug-likeness (QED) is 0.412. The lowest BCUT2D eigenvalue weighted by Crippen LogP contribution is -2.11. The van der Waals surface area contributed by atoms with Crippen LogP contribution in [-0.2, 0) is 34.5 Å². The van der Waals surface area contributed by atoms with Gasteiger partial charge in [-0.15, -0.1) is 0 Å². The molecule has 0 bridgehead atoms. The molecule has 1 N–H and O–H groups in total. The van der Waals surface area contributed by atoms with Crippen molar-refractivity contribution in [3.63, 3.8) is 0 Å². The summed E-state index contributed by atoms with van der Waals surface area (Å²) >= 11 is 5.82. The highest BCUT2D eigenvalue weighted by Gasteiger charge is 2.48. The van der Waals surface area contributed by atoms with Crippen LogP contribution in [0.2, 0.25) is 0 Å². The summed E-state index contributed by atoms with van der Waals surface area (Å²) in [6.45, 7) is 5.20. The highest BCUT2D eigenvalue weighted by atomic mass is 32.5. The second-order valence-corrected chi connectivity index (χ2v) is 12.1. The first kappa shape index (κ1) is 23.5. The van der Waals surface area contributed by atoms with Crippen molar-refractivity contribution in [2.24, 2.45) is 0 Å². The molecule has 2 aromatic carbocycles. The van der Waals surface area contributed by atoms with Crippen LogP contribution in [0.15, 0.2) is 36.4 Å². The molecule has 28 heavy (non-hydrogen) atoms. The normalized spacial score (nSPS) is 13.7. The summed E-state index contributed by atoms with van der Waals surface area (Å²) in [7, 11) is -3.67. The van der Waals surface area contributed by atoms with E-state index in [9.17, 15) is 9.67 Å². The number of fused-ring (bicyclic) bond motifs is 1. The van der Waals surface area contributed by atoms with Crippen LogP contribution in [0.25, 0.3) is 10.8 Å². The van der Waals surface area contributed by atoms with E-state index in [2.05, 4.69) is 0 Å². The van der Waals surface area contributed by atoms with E-state index in [1.807, 2.05) is 32.0 Å². The van der Waals surface area contributed by atoms with E-state index in [1.165, 1.54) is 0 Å². The molecule has 6 nitrogen and oxygen atoms in total. The Labute approximate surface area is 171 Å². The van der Waals surface area contributed by atoms with E-state index in [0.717, 1.165) is 10.8 Å². The number of aromatic hydroxyl groups is 1. The standard InChI is InChI=1S/C19H28O6P2S/c1-5-22-26(21,23-6-2)19(27(28,24-7-3)25-8-4)17-10-9-16-14-18(20)12-11-15(16)13-17/h9-14,19-20H,5-8H2,1-4H3. The number of hydrogen-bond acceptors (Lipinski definition) is 7. The van der Waals surface area contributed by atoms with Crippen LogP contribution in [0, 0.1) is 0 Å². The van der Waals surface area contributed by atoms with E-state index < -0.39 is 19.5 Å². The Hall–Kier alpha value is -0.780. The van der Waals surface area contributed by atoms with Gasteiger partial charge in [-0.2, -0.15) is 0 Å². The smallest absolute Gasteiger partial charge is 0.347 e. The average Bonchev–Trinajstić information content (AvgIpc) is 2.62. The third-order valence-corrected chi connectivity index (χ3v) is 11.7. The van der Waals surface area contributed by atoms with Gasteiger partial charge in [0, 0.05) is 0 Å². The van der Waals surface area contributed by atoms with Crippen LogP contribution in [0.5, 0.6) is 5.75 Å². The molecule has 0 amide bonds. The molecule has 2 aromatic rings. The first-order valence-electron chi connectivity index (χ1n) is 9.33. The summed E-state index contributed by atoms with van der Waals surface area (Å²) in [5.41, 5.74) is 0.675. The number of hydrogen-bond donors (Lipinski definition) is 1. The van der Waals surface area contributed by atoms with Crippen LogP contribution in [0.1, 0.15) is 38.7 Å². The SMILES string of the molecule is CCOP(=O)(OCC)C(c1ccc2cc(O)ccc2c1)P(=S)(OCC)OCC. The molecule has 0 aliphatic carbocycles. The summed E-state index contributed by atoms with van der Waals surface area (Å²) in [5, 5.41) is 10.6. The molecule has 2 rings (SSSR count). The average molecular weight is 446 g/mol. The maximum Gasteiger partial charge on any atom is 0.347 e. The van der Waals surface area contributed by atoms with Crippen LogP contribution in [0.4, 0.5) is 0 Å². The van der Waals surface area contributed by atoms with Crippen LogP contribution >= 0.6 is 14.1 Å². The first-order chi connectivity index (χ1) is 13.3. The van der Waals surface area contributed by atoms with Crippen molar-refractivity contribution < 1.29 is 27.8 Å². The van der Waals surface area contributed by atoms with E-state index in [0.29, 0.717) is 18.8 Å². The summed E-state index contributed by atoms with van der Waals surface area (Å²) in [4.78, 5) is 0. The molecule has 0 radical (unpaired) electrons. The van der Waals surface area contributed by atoms with Gasteiger partial charge >= 0.3 is 7.60 Å². The summed E-state index contributed by atoms with van der Waals surface area (Å²) < 4.78 is 36.9. The zero-order valence-corrected chi connectivity index (χ0v) is 19.3. The molecule has 156 valence electrons. The molecule has 0 saturated carbocycles. The third kappa shape index (κ3) is 5.22. The van der Waals surface area contributed by atoms with Gasteiger partial charge < -0.3 is 23.2 Å². The molecule has 1 atom stereocenters. The Balaban J connectivity index is 2.70. The topological polar surface area (TPSA) is 74.2 Å². The second kappa shape index (κ2) is 10.3. The lowest BCUT2D eigenvalue weighted by molar-refractivity contribution is 0.210. The lowest BCUT2D eigenvalue weighted by atomic mass is 10.1. The fourth-order valence-corrected chi connectivity index (χ4v) is 10.5. The zero-order chi connectivity index (χ0) is 20.8. The molecule has 0 aromatic heterocycles.